The van der Waals surface area contributed by atoms with Crippen molar-refractivity contribution in [2.45, 2.75) is 6.04 Å². The van der Waals surface area contributed by atoms with Gasteiger partial charge in [-0.2, -0.15) is 9.78 Å². The van der Waals surface area contributed by atoms with Gasteiger partial charge in [-0.25, -0.2) is 9.49 Å². The van der Waals surface area contributed by atoms with Crippen LogP contribution in [0.4, 0.5) is 16.0 Å². The number of nitrogens with one attached hydrogen (secondary N) is 2. The Morgan fingerprint density at radius 3 is 2.71 bits per heavy atom. The van der Waals surface area contributed by atoms with Gasteiger partial charge in [-0.05, 0) is 46.3 Å². The predicted octanol–water partition coefficient (Wildman–Crippen LogP) is 2.27. The highest BCUT2D eigenvalue weighted by atomic mass is 19.1. The van der Waals surface area contributed by atoms with Crippen molar-refractivity contribution >= 4 is 11.6 Å². The Labute approximate surface area is 174 Å². The maximum Gasteiger partial charge on any atom is 0.288 e. The number of methoxy groups -OCH3 is 2. The average molecular weight is 421 g/mol. The molecule has 0 saturated heterocycles. The zero-order chi connectivity index (χ0) is 21.5. The summed E-state index contributed by atoms with van der Waals surface area (Å²) in [6.45, 7) is 0. The molecule has 0 unspecified atom stereocenters. The smallest absolute Gasteiger partial charge is 0.288 e. The van der Waals surface area contributed by atoms with Crippen LogP contribution in [0.15, 0.2) is 47.3 Å². The maximum absolute atomic E-state index is 14.1. The van der Waals surface area contributed by atoms with Gasteiger partial charge in [-0.1, -0.05) is 17.2 Å². The number of benzene rings is 2. The highest BCUT2D eigenvalue weighted by molar-refractivity contribution is 5.76. The van der Waals surface area contributed by atoms with Crippen LogP contribution in [0.1, 0.15) is 17.2 Å². The normalized spacial score (nSPS) is 14.4. The number of aromatic nitrogens is 6. The minimum absolute atomic E-state index is 0.233. The Morgan fingerprint density at radius 1 is 1.10 bits per heavy atom. The molecule has 0 radical (unpaired) electrons. The number of aromatic amines is 1. The third-order valence-electron chi connectivity index (χ3n) is 5.09. The van der Waals surface area contributed by atoms with E-state index in [4.69, 9.17) is 9.47 Å². The zero-order valence-corrected chi connectivity index (χ0v) is 16.5. The summed E-state index contributed by atoms with van der Waals surface area (Å²) in [5.74, 6) is 0.887. The molecular formula is C20H16FN7O3. The molecule has 4 aromatic rings. The Bertz CT molecular complexity index is 1350. The number of hydrogen-bond acceptors (Lipinski definition) is 8. The summed E-state index contributed by atoms with van der Waals surface area (Å²) >= 11 is 0. The molecule has 2 aromatic carbocycles. The molecule has 31 heavy (non-hydrogen) atoms. The van der Waals surface area contributed by atoms with Crippen molar-refractivity contribution < 1.29 is 13.9 Å². The molecule has 0 spiro atoms. The van der Waals surface area contributed by atoms with Crippen molar-refractivity contribution in [3.63, 3.8) is 0 Å². The van der Waals surface area contributed by atoms with Crippen molar-refractivity contribution in [1.82, 2.24) is 30.4 Å². The van der Waals surface area contributed by atoms with Crippen molar-refractivity contribution in [3.8, 4) is 22.8 Å². The molecule has 0 bridgehead atoms. The van der Waals surface area contributed by atoms with Gasteiger partial charge in [0.15, 0.2) is 11.5 Å². The summed E-state index contributed by atoms with van der Waals surface area (Å²) in [6, 6.07) is 10.7. The number of fused-ring (bicyclic) bond motifs is 2. The number of tetrazole rings is 1. The van der Waals surface area contributed by atoms with Gasteiger partial charge in [0, 0.05) is 11.1 Å². The molecule has 0 aliphatic carbocycles. The number of rotatable bonds is 4. The van der Waals surface area contributed by atoms with Crippen LogP contribution < -0.4 is 20.3 Å². The maximum atomic E-state index is 14.1. The largest absolute Gasteiger partial charge is 0.493 e. The molecular weight excluding hydrogens is 405 g/mol. The van der Waals surface area contributed by atoms with Gasteiger partial charge in [0.1, 0.15) is 17.5 Å². The molecule has 0 amide bonds. The first-order valence-electron chi connectivity index (χ1n) is 9.26. The molecule has 1 atom stereocenters. The summed E-state index contributed by atoms with van der Waals surface area (Å²) in [5, 5.41) is 21.5. The SMILES string of the molecule is COc1ccc(-c2n[nH]c(=O)c3c2[C@@H](c2cccc(F)c2)n2nnnc2N3)cc1OC. The lowest BCUT2D eigenvalue weighted by atomic mass is 9.92. The van der Waals surface area contributed by atoms with Crippen molar-refractivity contribution in [2.24, 2.45) is 0 Å². The summed E-state index contributed by atoms with van der Waals surface area (Å²) in [6.07, 6.45) is 0. The minimum Gasteiger partial charge on any atom is -0.493 e. The third-order valence-corrected chi connectivity index (χ3v) is 5.09. The Balaban J connectivity index is 1.80. The van der Waals surface area contributed by atoms with Crippen LogP contribution in [-0.4, -0.2) is 44.6 Å². The van der Waals surface area contributed by atoms with Crippen LogP contribution in [0.2, 0.25) is 0 Å². The van der Waals surface area contributed by atoms with Gasteiger partial charge in [0.2, 0.25) is 5.95 Å². The van der Waals surface area contributed by atoms with E-state index in [2.05, 4.69) is 31.0 Å². The van der Waals surface area contributed by atoms with Crippen LogP contribution >= 0.6 is 0 Å². The van der Waals surface area contributed by atoms with Gasteiger partial charge in [-0.3, -0.25) is 4.79 Å². The van der Waals surface area contributed by atoms with E-state index in [1.54, 1.807) is 37.4 Å². The third kappa shape index (κ3) is 2.98. The highest BCUT2D eigenvalue weighted by Gasteiger charge is 2.34. The lowest BCUT2D eigenvalue weighted by molar-refractivity contribution is 0.355. The fourth-order valence-electron chi connectivity index (χ4n) is 3.73. The molecule has 5 rings (SSSR count). The molecule has 156 valence electrons. The lowest BCUT2D eigenvalue weighted by Gasteiger charge is -2.27. The van der Waals surface area contributed by atoms with Gasteiger partial charge >= 0.3 is 0 Å². The van der Waals surface area contributed by atoms with E-state index in [9.17, 15) is 9.18 Å². The van der Waals surface area contributed by atoms with E-state index in [0.29, 0.717) is 33.9 Å². The first-order valence-corrected chi connectivity index (χ1v) is 9.26. The van der Waals surface area contributed by atoms with Gasteiger partial charge in [0.05, 0.1) is 19.9 Å². The Morgan fingerprint density at radius 2 is 1.94 bits per heavy atom. The first-order chi connectivity index (χ1) is 15.1. The second kappa shape index (κ2) is 7.20. The molecule has 1 aliphatic heterocycles. The lowest BCUT2D eigenvalue weighted by Crippen LogP contribution is -2.29. The van der Waals surface area contributed by atoms with E-state index >= 15 is 0 Å². The fraction of sp³-hybridized carbons (Fsp3) is 0.150. The molecule has 1 aliphatic rings. The first kappa shape index (κ1) is 18.7. The summed E-state index contributed by atoms with van der Waals surface area (Å²) in [5.41, 5.74) is 1.96. The zero-order valence-electron chi connectivity index (χ0n) is 16.5. The molecule has 0 saturated carbocycles. The Kier molecular flexibility index (Phi) is 4.35. The number of halogens is 1. The molecule has 2 N–H and O–H groups in total. The van der Waals surface area contributed by atoms with Gasteiger partial charge in [-0.15, -0.1) is 0 Å². The number of H-pyrrole nitrogens is 1. The van der Waals surface area contributed by atoms with Crippen molar-refractivity contribution in [2.75, 3.05) is 19.5 Å². The molecule has 3 heterocycles. The fourth-order valence-corrected chi connectivity index (χ4v) is 3.73. The number of ether oxygens (including phenoxy) is 2. The van der Waals surface area contributed by atoms with Crippen molar-refractivity contribution in [1.29, 1.82) is 0 Å². The number of hydrogen-bond donors (Lipinski definition) is 2. The monoisotopic (exact) mass is 421 g/mol. The van der Waals surface area contributed by atoms with E-state index in [1.165, 1.54) is 23.9 Å². The number of nitrogens with zero attached hydrogens (tertiary/aromatic N) is 5. The minimum atomic E-state index is -0.685. The van der Waals surface area contributed by atoms with E-state index < -0.39 is 17.4 Å². The number of anilines is 2. The average Bonchev–Trinajstić information content (AvgIpc) is 3.26. The summed E-state index contributed by atoms with van der Waals surface area (Å²) in [7, 11) is 3.07. The van der Waals surface area contributed by atoms with E-state index in [0.717, 1.165) is 0 Å². The summed E-state index contributed by atoms with van der Waals surface area (Å²) < 4.78 is 26.3. The highest BCUT2D eigenvalue weighted by Crippen LogP contribution is 2.42. The molecule has 10 nitrogen and oxygen atoms in total. The van der Waals surface area contributed by atoms with E-state index in [1.807, 2.05) is 0 Å². The van der Waals surface area contributed by atoms with E-state index in [-0.39, 0.29) is 11.6 Å². The van der Waals surface area contributed by atoms with Crippen LogP contribution in [0, 0.1) is 5.82 Å². The molecule has 11 heteroatoms. The van der Waals surface area contributed by atoms with Crippen LogP contribution in [-0.2, 0) is 0 Å². The molecule has 0 fully saturated rings. The van der Waals surface area contributed by atoms with Crippen LogP contribution in [0.25, 0.3) is 11.3 Å². The van der Waals surface area contributed by atoms with Crippen LogP contribution in [0.5, 0.6) is 11.5 Å². The van der Waals surface area contributed by atoms with Crippen LogP contribution in [0.3, 0.4) is 0 Å². The standard InChI is InChI=1S/C20H16FN7O3/c1-30-13-7-6-10(9-14(13)31-2)16-15-17(19(29)24-23-16)22-20-25-26-27-28(20)18(15)11-4-3-5-12(21)8-11/h3-9,18H,1-2H3,(H,24,29)(H,22,25,27)/t18-/m1/s1. The second-order valence-electron chi connectivity index (χ2n) is 6.79. The Hall–Kier alpha value is -4.28. The topological polar surface area (TPSA) is 120 Å². The van der Waals surface area contributed by atoms with Gasteiger partial charge < -0.3 is 14.8 Å². The van der Waals surface area contributed by atoms with Gasteiger partial charge in [0.25, 0.3) is 5.56 Å². The van der Waals surface area contributed by atoms with Crippen molar-refractivity contribution in [3.05, 3.63) is 69.8 Å². The molecule has 2 aromatic heterocycles. The summed E-state index contributed by atoms with van der Waals surface area (Å²) in [4.78, 5) is 12.7. The predicted molar refractivity (Wildman–Crippen MR) is 108 cm³/mol. The second-order valence-corrected chi connectivity index (χ2v) is 6.79. The quantitative estimate of drug-likeness (QED) is 0.454.